The number of phenolic OH excluding ortho intramolecular Hbond substituents is 1. The van der Waals surface area contributed by atoms with Crippen molar-refractivity contribution in [3.63, 3.8) is 0 Å². The number of phenols is 1. The highest BCUT2D eigenvalue weighted by atomic mass is 35.5. The Morgan fingerprint density at radius 2 is 1.92 bits per heavy atom. The highest BCUT2D eigenvalue weighted by Gasteiger charge is 2.22. The van der Waals surface area contributed by atoms with E-state index in [9.17, 15) is 14.7 Å². The third kappa shape index (κ3) is 4.42. The standard InChI is InChI=1S/C18H18ClNO5/c1-10-8-14(16(24-3)9-13(10)19)20-17(22)11(2)25-18(23)12-6-4-5-7-15(12)21/h4-9,11,21H,1-3H3,(H,20,22). The minimum absolute atomic E-state index is 0.0120. The number of para-hydroxylation sites is 1. The summed E-state index contributed by atoms with van der Waals surface area (Å²) in [4.78, 5) is 24.3. The molecule has 0 aliphatic heterocycles. The number of carbonyl (C=O) groups is 2. The van der Waals surface area contributed by atoms with Crippen LogP contribution >= 0.6 is 11.6 Å². The molecule has 2 aromatic carbocycles. The van der Waals surface area contributed by atoms with Crippen molar-refractivity contribution in [1.82, 2.24) is 0 Å². The summed E-state index contributed by atoms with van der Waals surface area (Å²) >= 11 is 6.03. The molecule has 1 amide bonds. The monoisotopic (exact) mass is 363 g/mol. The van der Waals surface area contributed by atoms with E-state index in [4.69, 9.17) is 21.1 Å². The van der Waals surface area contributed by atoms with E-state index in [2.05, 4.69) is 5.32 Å². The van der Waals surface area contributed by atoms with Crippen LogP contribution in [0.3, 0.4) is 0 Å². The van der Waals surface area contributed by atoms with Gasteiger partial charge in [0, 0.05) is 11.1 Å². The maximum Gasteiger partial charge on any atom is 0.342 e. The molecule has 25 heavy (non-hydrogen) atoms. The van der Waals surface area contributed by atoms with Gasteiger partial charge in [0.2, 0.25) is 0 Å². The molecular weight excluding hydrogens is 346 g/mol. The van der Waals surface area contributed by atoms with Gasteiger partial charge in [-0.05, 0) is 37.6 Å². The molecular formula is C18H18ClNO5. The SMILES string of the molecule is COc1cc(Cl)c(C)cc1NC(=O)C(C)OC(=O)c1ccccc1O. The molecule has 0 spiro atoms. The van der Waals surface area contributed by atoms with Crippen LogP contribution in [0.2, 0.25) is 5.02 Å². The van der Waals surface area contributed by atoms with Crippen molar-refractivity contribution >= 4 is 29.2 Å². The number of carbonyl (C=O) groups excluding carboxylic acids is 2. The zero-order valence-electron chi connectivity index (χ0n) is 14.0. The molecule has 7 heteroatoms. The minimum Gasteiger partial charge on any atom is -0.507 e. The third-order valence-corrected chi connectivity index (χ3v) is 3.92. The lowest BCUT2D eigenvalue weighted by Crippen LogP contribution is -2.30. The van der Waals surface area contributed by atoms with Crippen LogP contribution in [-0.2, 0) is 9.53 Å². The quantitative estimate of drug-likeness (QED) is 0.793. The van der Waals surface area contributed by atoms with Gasteiger partial charge in [0.25, 0.3) is 5.91 Å². The van der Waals surface area contributed by atoms with Gasteiger partial charge >= 0.3 is 5.97 Å². The average molecular weight is 364 g/mol. The van der Waals surface area contributed by atoms with Crippen molar-refractivity contribution in [2.45, 2.75) is 20.0 Å². The number of hydrogen-bond acceptors (Lipinski definition) is 5. The number of aryl methyl sites for hydroxylation is 1. The number of aromatic hydroxyl groups is 1. The van der Waals surface area contributed by atoms with E-state index in [-0.39, 0.29) is 11.3 Å². The summed E-state index contributed by atoms with van der Waals surface area (Å²) in [6.07, 6.45) is -1.08. The van der Waals surface area contributed by atoms with Gasteiger partial charge in [0.1, 0.15) is 17.1 Å². The lowest BCUT2D eigenvalue weighted by atomic mass is 10.2. The van der Waals surface area contributed by atoms with Crippen LogP contribution in [0.15, 0.2) is 36.4 Å². The number of ether oxygens (including phenoxy) is 2. The van der Waals surface area contributed by atoms with Crippen LogP contribution < -0.4 is 10.1 Å². The largest absolute Gasteiger partial charge is 0.507 e. The van der Waals surface area contributed by atoms with E-state index in [0.717, 1.165) is 5.56 Å². The maximum atomic E-state index is 12.3. The summed E-state index contributed by atoms with van der Waals surface area (Å²) in [5.41, 5.74) is 1.17. The van der Waals surface area contributed by atoms with Crippen molar-refractivity contribution in [3.05, 3.63) is 52.5 Å². The molecule has 2 N–H and O–H groups in total. The van der Waals surface area contributed by atoms with E-state index in [1.165, 1.54) is 26.2 Å². The Morgan fingerprint density at radius 1 is 1.24 bits per heavy atom. The predicted molar refractivity (Wildman–Crippen MR) is 94.4 cm³/mol. The Morgan fingerprint density at radius 3 is 2.56 bits per heavy atom. The first-order chi connectivity index (χ1) is 11.8. The summed E-state index contributed by atoms with van der Waals surface area (Å²) in [7, 11) is 1.46. The van der Waals surface area contributed by atoms with Crippen LogP contribution in [-0.4, -0.2) is 30.2 Å². The number of methoxy groups -OCH3 is 1. The fourth-order valence-electron chi connectivity index (χ4n) is 2.09. The lowest BCUT2D eigenvalue weighted by Gasteiger charge is -2.16. The summed E-state index contributed by atoms with van der Waals surface area (Å²) in [6, 6.07) is 9.19. The lowest BCUT2D eigenvalue weighted by molar-refractivity contribution is -0.123. The van der Waals surface area contributed by atoms with Gasteiger partial charge in [-0.1, -0.05) is 23.7 Å². The molecule has 0 aliphatic carbocycles. The number of nitrogens with one attached hydrogen (secondary N) is 1. The van der Waals surface area contributed by atoms with E-state index in [1.807, 2.05) is 0 Å². The Balaban J connectivity index is 2.10. The molecule has 0 fully saturated rings. The van der Waals surface area contributed by atoms with Crippen LogP contribution in [0.4, 0.5) is 5.69 Å². The maximum absolute atomic E-state index is 12.3. The van der Waals surface area contributed by atoms with Gasteiger partial charge in [-0.2, -0.15) is 0 Å². The fourth-order valence-corrected chi connectivity index (χ4v) is 2.24. The number of anilines is 1. The van der Waals surface area contributed by atoms with Gasteiger partial charge < -0.3 is 19.9 Å². The second kappa shape index (κ2) is 7.90. The van der Waals surface area contributed by atoms with Crippen molar-refractivity contribution in [2.75, 3.05) is 12.4 Å². The number of esters is 1. The molecule has 6 nitrogen and oxygen atoms in total. The smallest absolute Gasteiger partial charge is 0.342 e. The topological polar surface area (TPSA) is 84.9 Å². The molecule has 0 aromatic heterocycles. The fraction of sp³-hybridized carbons (Fsp3) is 0.222. The zero-order valence-corrected chi connectivity index (χ0v) is 14.8. The van der Waals surface area contributed by atoms with Crippen molar-refractivity contribution in [2.24, 2.45) is 0 Å². The van der Waals surface area contributed by atoms with Gasteiger partial charge in [-0.15, -0.1) is 0 Å². The molecule has 0 bridgehead atoms. The summed E-state index contributed by atoms with van der Waals surface area (Å²) < 4.78 is 10.3. The Bertz CT molecular complexity index is 806. The van der Waals surface area contributed by atoms with E-state index in [0.29, 0.717) is 16.5 Å². The van der Waals surface area contributed by atoms with Gasteiger partial charge in [-0.3, -0.25) is 4.79 Å². The molecule has 0 radical (unpaired) electrons. The van der Waals surface area contributed by atoms with Gasteiger partial charge in [0.05, 0.1) is 12.8 Å². The summed E-state index contributed by atoms with van der Waals surface area (Å²) in [5.74, 6) is -1.15. The minimum atomic E-state index is -1.08. The summed E-state index contributed by atoms with van der Waals surface area (Å²) in [5, 5.41) is 12.8. The zero-order chi connectivity index (χ0) is 18.6. The molecule has 1 unspecified atom stereocenters. The number of benzene rings is 2. The molecule has 2 aromatic rings. The molecule has 132 valence electrons. The molecule has 0 saturated carbocycles. The Kier molecular flexibility index (Phi) is 5.88. The predicted octanol–water partition coefficient (Wildman–Crippen LogP) is 3.55. The third-order valence-electron chi connectivity index (χ3n) is 3.52. The Labute approximate surface area is 150 Å². The molecule has 0 saturated heterocycles. The first-order valence-corrected chi connectivity index (χ1v) is 7.85. The second-order valence-corrected chi connectivity index (χ2v) is 5.76. The highest BCUT2D eigenvalue weighted by molar-refractivity contribution is 6.31. The van der Waals surface area contributed by atoms with Crippen LogP contribution in [0.5, 0.6) is 11.5 Å². The normalized spacial score (nSPS) is 11.5. The Hall–Kier alpha value is -2.73. The average Bonchev–Trinajstić information content (AvgIpc) is 2.58. The molecule has 0 heterocycles. The van der Waals surface area contributed by atoms with E-state index >= 15 is 0 Å². The number of halogens is 1. The first-order valence-electron chi connectivity index (χ1n) is 7.47. The van der Waals surface area contributed by atoms with Gasteiger partial charge in [-0.25, -0.2) is 4.79 Å². The highest BCUT2D eigenvalue weighted by Crippen LogP contribution is 2.31. The van der Waals surface area contributed by atoms with Crippen molar-refractivity contribution in [1.29, 1.82) is 0 Å². The van der Waals surface area contributed by atoms with Gasteiger partial charge in [0.15, 0.2) is 6.10 Å². The van der Waals surface area contributed by atoms with E-state index < -0.39 is 18.0 Å². The summed E-state index contributed by atoms with van der Waals surface area (Å²) in [6.45, 7) is 3.22. The van der Waals surface area contributed by atoms with E-state index in [1.54, 1.807) is 31.2 Å². The van der Waals surface area contributed by atoms with Crippen LogP contribution in [0.1, 0.15) is 22.8 Å². The number of hydrogen-bond donors (Lipinski definition) is 2. The number of amides is 1. The second-order valence-electron chi connectivity index (χ2n) is 5.36. The molecule has 1 atom stereocenters. The first kappa shape index (κ1) is 18.6. The molecule has 2 rings (SSSR count). The van der Waals surface area contributed by atoms with Crippen molar-refractivity contribution < 1.29 is 24.2 Å². The van der Waals surface area contributed by atoms with Crippen molar-refractivity contribution in [3.8, 4) is 11.5 Å². The number of rotatable bonds is 5. The molecule has 0 aliphatic rings. The van der Waals surface area contributed by atoms with Crippen LogP contribution in [0.25, 0.3) is 0 Å². The van der Waals surface area contributed by atoms with Crippen LogP contribution in [0, 0.1) is 6.92 Å².